The van der Waals surface area contributed by atoms with E-state index in [2.05, 4.69) is 62.5 Å². The number of nitrogens with zero attached hydrogens (tertiary/aromatic N) is 5. The normalized spacial score (nSPS) is 11.2. The van der Waals surface area contributed by atoms with E-state index < -0.39 is 0 Å². The van der Waals surface area contributed by atoms with Crippen molar-refractivity contribution in [2.45, 2.75) is 30.8 Å². The van der Waals surface area contributed by atoms with Gasteiger partial charge in [0.1, 0.15) is 5.69 Å². The van der Waals surface area contributed by atoms with Gasteiger partial charge in [-0.15, -0.1) is 27.8 Å². The van der Waals surface area contributed by atoms with Crippen molar-refractivity contribution in [1.82, 2.24) is 30.2 Å². The number of hydrogen-bond acceptors (Lipinski definition) is 7. The Bertz CT molecular complexity index is 872. The van der Waals surface area contributed by atoms with Gasteiger partial charge in [0, 0.05) is 6.54 Å². The first-order chi connectivity index (χ1) is 12.3. The maximum Gasteiger partial charge on any atom is 0.166 e. The number of thioether (sulfide) groups is 1. The number of hydrogen-bond donors (Lipinski definition) is 1. The second kappa shape index (κ2) is 7.51. The van der Waals surface area contributed by atoms with Crippen LogP contribution in [0.25, 0.3) is 21.1 Å². The molecule has 0 aromatic carbocycles. The summed E-state index contributed by atoms with van der Waals surface area (Å²) in [6, 6.07) is 8.34. The topological polar surface area (TPSA) is 72.3 Å². The highest BCUT2D eigenvalue weighted by molar-refractivity contribution is 7.98. The van der Waals surface area contributed by atoms with E-state index in [1.54, 1.807) is 34.4 Å². The van der Waals surface area contributed by atoms with E-state index in [9.17, 15) is 0 Å². The average Bonchev–Trinajstić information content (AvgIpc) is 3.38. The highest BCUT2D eigenvalue weighted by Crippen LogP contribution is 2.37. The number of rotatable bonds is 7. The first-order valence-corrected chi connectivity index (χ1v) is 10.6. The van der Waals surface area contributed by atoms with E-state index in [1.165, 1.54) is 9.75 Å². The molecule has 25 heavy (non-hydrogen) atoms. The maximum atomic E-state index is 4.83. The maximum absolute atomic E-state index is 4.83. The number of aromatic nitrogens is 6. The number of H-pyrrole nitrogens is 1. The van der Waals surface area contributed by atoms with Crippen molar-refractivity contribution < 1.29 is 0 Å². The summed E-state index contributed by atoms with van der Waals surface area (Å²) in [6.07, 6.45) is 1.01. The molecular formula is C16H16N6S3. The highest BCUT2D eigenvalue weighted by Gasteiger charge is 2.17. The van der Waals surface area contributed by atoms with Crippen molar-refractivity contribution in [2.24, 2.45) is 0 Å². The van der Waals surface area contributed by atoms with Crippen LogP contribution in [0.5, 0.6) is 0 Å². The third kappa shape index (κ3) is 3.53. The molecule has 0 unspecified atom stereocenters. The van der Waals surface area contributed by atoms with Crippen LogP contribution >= 0.6 is 34.4 Å². The Morgan fingerprint density at radius 2 is 1.96 bits per heavy atom. The standard InChI is InChI=1S/C16H16N6S3/c1-2-7-22-13(19-20-21-22)10-25-16-17-14(11-5-3-8-23-11)15(18-16)12-6-4-9-24-12/h3-6,8-9H,2,7,10H2,1H3,(H,17,18). The van der Waals surface area contributed by atoms with Gasteiger partial charge in [0.25, 0.3) is 0 Å². The minimum atomic E-state index is 0.689. The van der Waals surface area contributed by atoms with Crippen LogP contribution in [0.1, 0.15) is 19.2 Å². The molecule has 4 aromatic heterocycles. The van der Waals surface area contributed by atoms with Crippen LogP contribution in [0.2, 0.25) is 0 Å². The van der Waals surface area contributed by atoms with Crippen LogP contribution < -0.4 is 0 Å². The number of tetrazole rings is 1. The highest BCUT2D eigenvalue weighted by atomic mass is 32.2. The molecule has 0 spiro atoms. The van der Waals surface area contributed by atoms with Crippen molar-refractivity contribution in [1.29, 1.82) is 0 Å². The summed E-state index contributed by atoms with van der Waals surface area (Å²) >= 11 is 5.04. The molecule has 0 atom stereocenters. The summed E-state index contributed by atoms with van der Waals surface area (Å²) in [5, 5.41) is 17.0. The van der Waals surface area contributed by atoms with Crippen molar-refractivity contribution in [3.8, 4) is 21.1 Å². The van der Waals surface area contributed by atoms with E-state index in [0.29, 0.717) is 5.75 Å². The second-order valence-corrected chi connectivity index (χ2v) is 8.19. The fourth-order valence-electron chi connectivity index (χ4n) is 2.46. The largest absolute Gasteiger partial charge is 0.332 e. The zero-order valence-electron chi connectivity index (χ0n) is 13.5. The van der Waals surface area contributed by atoms with Crippen LogP contribution in [0, 0.1) is 0 Å². The number of thiophene rings is 2. The summed E-state index contributed by atoms with van der Waals surface area (Å²) < 4.78 is 1.86. The Morgan fingerprint density at radius 3 is 2.68 bits per heavy atom. The average molecular weight is 389 g/mol. The molecule has 9 heteroatoms. The molecule has 4 aromatic rings. The molecule has 0 aliphatic carbocycles. The molecule has 0 saturated heterocycles. The molecular weight excluding hydrogens is 372 g/mol. The lowest BCUT2D eigenvalue weighted by Gasteiger charge is -2.00. The Morgan fingerprint density at radius 1 is 1.16 bits per heavy atom. The first-order valence-electron chi connectivity index (χ1n) is 7.90. The minimum absolute atomic E-state index is 0.689. The van der Waals surface area contributed by atoms with Crippen LogP contribution in [0.4, 0.5) is 0 Å². The summed E-state index contributed by atoms with van der Waals surface area (Å²) in [5.41, 5.74) is 2.08. The number of aryl methyl sites for hydroxylation is 1. The first kappa shape index (κ1) is 16.5. The van der Waals surface area contributed by atoms with Crippen LogP contribution in [0.3, 0.4) is 0 Å². The fourth-order valence-corrected chi connectivity index (χ4v) is 4.70. The third-order valence-corrected chi connectivity index (χ3v) is 6.22. The molecule has 0 saturated carbocycles. The SMILES string of the molecule is CCCn1nnnc1CSc1nc(-c2cccs2)c(-c2cccs2)[nH]1. The number of nitrogens with one attached hydrogen (secondary N) is 1. The zero-order valence-corrected chi connectivity index (χ0v) is 16.0. The van der Waals surface area contributed by atoms with Crippen LogP contribution in [0.15, 0.2) is 40.2 Å². The zero-order chi connectivity index (χ0) is 17.1. The molecule has 0 aliphatic rings. The Balaban J connectivity index is 1.60. The molecule has 4 rings (SSSR count). The van der Waals surface area contributed by atoms with E-state index in [1.807, 2.05) is 4.68 Å². The predicted octanol–water partition coefficient (Wildman–Crippen LogP) is 4.56. The molecule has 0 radical (unpaired) electrons. The molecule has 0 amide bonds. The lowest BCUT2D eigenvalue weighted by molar-refractivity contribution is 0.564. The molecule has 0 bridgehead atoms. The third-order valence-electron chi connectivity index (χ3n) is 3.58. The minimum Gasteiger partial charge on any atom is -0.332 e. The summed E-state index contributed by atoms with van der Waals surface area (Å²) in [6.45, 7) is 2.95. The van der Waals surface area contributed by atoms with Gasteiger partial charge in [0.15, 0.2) is 11.0 Å². The Hall–Kier alpha value is -1.97. The predicted molar refractivity (Wildman–Crippen MR) is 103 cm³/mol. The smallest absolute Gasteiger partial charge is 0.166 e. The quantitative estimate of drug-likeness (QED) is 0.470. The monoisotopic (exact) mass is 388 g/mol. The summed E-state index contributed by atoms with van der Waals surface area (Å²) in [7, 11) is 0. The van der Waals surface area contributed by atoms with Gasteiger partial charge in [-0.3, -0.25) is 0 Å². The molecule has 1 N–H and O–H groups in total. The Labute approximate surface area is 157 Å². The Kier molecular flexibility index (Phi) is 4.95. The second-order valence-electron chi connectivity index (χ2n) is 5.33. The summed E-state index contributed by atoms with van der Waals surface area (Å²) in [4.78, 5) is 10.7. The lowest BCUT2D eigenvalue weighted by Crippen LogP contribution is -2.04. The molecule has 0 fully saturated rings. The molecule has 0 aliphatic heterocycles. The van der Waals surface area contributed by atoms with E-state index in [4.69, 9.17) is 4.98 Å². The lowest BCUT2D eigenvalue weighted by atomic mass is 10.2. The molecule has 6 nitrogen and oxygen atoms in total. The van der Waals surface area contributed by atoms with Crippen molar-refractivity contribution in [3.05, 3.63) is 40.8 Å². The van der Waals surface area contributed by atoms with Crippen LogP contribution in [-0.4, -0.2) is 30.2 Å². The molecule has 128 valence electrons. The summed E-state index contributed by atoms with van der Waals surface area (Å²) in [5.74, 6) is 1.56. The van der Waals surface area contributed by atoms with Crippen molar-refractivity contribution >= 4 is 34.4 Å². The van der Waals surface area contributed by atoms with Crippen LogP contribution in [-0.2, 0) is 12.3 Å². The van der Waals surface area contributed by atoms with E-state index in [-0.39, 0.29) is 0 Å². The number of imidazole rings is 1. The van der Waals surface area contributed by atoms with Gasteiger partial charge in [-0.2, -0.15) is 0 Å². The van der Waals surface area contributed by atoms with E-state index >= 15 is 0 Å². The van der Waals surface area contributed by atoms with Gasteiger partial charge >= 0.3 is 0 Å². The van der Waals surface area contributed by atoms with Gasteiger partial charge in [-0.05, 0) is 39.7 Å². The van der Waals surface area contributed by atoms with Gasteiger partial charge in [0.05, 0.1) is 21.2 Å². The fraction of sp³-hybridized carbons (Fsp3) is 0.250. The molecule has 4 heterocycles. The van der Waals surface area contributed by atoms with E-state index in [0.717, 1.165) is 35.3 Å². The van der Waals surface area contributed by atoms with Gasteiger partial charge in [0.2, 0.25) is 0 Å². The van der Waals surface area contributed by atoms with Crippen molar-refractivity contribution in [3.63, 3.8) is 0 Å². The number of aromatic amines is 1. The van der Waals surface area contributed by atoms with Gasteiger partial charge in [-0.25, -0.2) is 9.67 Å². The van der Waals surface area contributed by atoms with Gasteiger partial charge < -0.3 is 4.98 Å². The van der Waals surface area contributed by atoms with Crippen molar-refractivity contribution in [2.75, 3.05) is 0 Å². The van der Waals surface area contributed by atoms with Gasteiger partial charge in [-0.1, -0.05) is 30.8 Å².